The van der Waals surface area contributed by atoms with Gasteiger partial charge in [-0.3, -0.25) is 0 Å². The van der Waals surface area contributed by atoms with Crippen molar-refractivity contribution in [2.45, 2.75) is 13.5 Å². The summed E-state index contributed by atoms with van der Waals surface area (Å²) in [5, 5.41) is 17.4. The maximum absolute atomic E-state index is 12.0. The van der Waals surface area contributed by atoms with Gasteiger partial charge in [-0.25, -0.2) is 4.79 Å². The molecule has 0 aliphatic heterocycles. The minimum atomic E-state index is -3.13. The normalized spacial score (nSPS) is 9.94. The molecule has 0 atom stereocenters. The van der Waals surface area contributed by atoms with Crippen LogP contribution < -0.4 is 4.74 Å². The van der Waals surface area contributed by atoms with Crippen LogP contribution in [0.2, 0.25) is 0 Å². The molecule has 0 unspecified atom stereocenters. The molecule has 0 amide bonds. The van der Waals surface area contributed by atoms with Crippen LogP contribution in [0, 0.1) is 18.3 Å². The van der Waals surface area contributed by atoms with Gasteiger partial charge in [0, 0.05) is 0 Å². The third kappa shape index (κ3) is 2.45. The lowest BCUT2D eigenvalue weighted by Gasteiger charge is -2.09. The molecule has 0 spiro atoms. The fraction of sp³-hybridized carbons (Fsp3) is 0.200. The number of nitriles is 1. The molecule has 0 aliphatic carbocycles. The Balaban J connectivity index is 3.32. The van der Waals surface area contributed by atoms with E-state index in [9.17, 15) is 13.6 Å². The molecule has 0 aromatic heterocycles. The van der Waals surface area contributed by atoms with Gasteiger partial charge in [0.1, 0.15) is 11.3 Å². The van der Waals surface area contributed by atoms with Crippen molar-refractivity contribution >= 4 is 5.97 Å². The minimum Gasteiger partial charge on any atom is -0.478 e. The standard InChI is InChI=1S/C10H7F2NO3/c1-5-2-7(9(14)15)8(16-10(11)12)3-6(5)4-13/h2-3,10H,1H3,(H,14,15). The second-order valence-electron chi connectivity index (χ2n) is 2.96. The van der Waals surface area contributed by atoms with Gasteiger partial charge in [0.2, 0.25) is 0 Å². The van der Waals surface area contributed by atoms with Crippen molar-refractivity contribution in [3.05, 3.63) is 28.8 Å². The average molecular weight is 227 g/mol. The van der Waals surface area contributed by atoms with Gasteiger partial charge in [0.25, 0.3) is 0 Å². The number of rotatable bonds is 3. The van der Waals surface area contributed by atoms with Gasteiger partial charge < -0.3 is 9.84 Å². The van der Waals surface area contributed by atoms with Crippen LogP contribution in [0.3, 0.4) is 0 Å². The Kier molecular flexibility index (Phi) is 3.40. The number of hydrogen-bond donors (Lipinski definition) is 1. The molecule has 16 heavy (non-hydrogen) atoms. The van der Waals surface area contributed by atoms with Gasteiger partial charge in [0.05, 0.1) is 11.6 Å². The van der Waals surface area contributed by atoms with E-state index in [1.54, 1.807) is 6.07 Å². The van der Waals surface area contributed by atoms with Crippen LogP contribution in [0.15, 0.2) is 12.1 Å². The van der Waals surface area contributed by atoms with Crippen LogP contribution >= 0.6 is 0 Å². The van der Waals surface area contributed by atoms with Crippen LogP contribution in [0.1, 0.15) is 21.5 Å². The average Bonchev–Trinajstić information content (AvgIpc) is 2.19. The topological polar surface area (TPSA) is 70.3 Å². The minimum absolute atomic E-state index is 0.0978. The Labute approximate surface area is 89.7 Å². The van der Waals surface area contributed by atoms with Crippen LogP contribution in [0.5, 0.6) is 5.75 Å². The lowest BCUT2D eigenvalue weighted by Crippen LogP contribution is -2.08. The predicted molar refractivity (Wildman–Crippen MR) is 49.5 cm³/mol. The van der Waals surface area contributed by atoms with Crippen LogP contribution in [0.4, 0.5) is 8.78 Å². The lowest BCUT2D eigenvalue weighted by molar-refractivity contribution is -0.0503. The summed E-state index contributed by atoms with van der Waals surface area (Å²) in [6, 6.07) is 3.87. The molecule has 6 heteroatoms. The van der Waals surface area contributed by atoms with Crippen LogP contribution in [0.25, 0.3) is 0 Å². The Hall–Kier alpha value is -2.16. The number of hydrogen-bond acceptors (Lipinski definition) is 3. The number of ether oxygens (including phenoxy) is 1. The number of halogens is 2. The molecule has 0 heterocycles. The second kappa shape index (κ2) is 4.57. The number of alkyl halides is 2. The van der Waals surface area contributed by atoms with Crippen molar-refractivity contribution in [1.82, 2.24) is 0 Å². The number of nitrogens with zero attached hydrogens (tertiary/aromatic N) is 1. The van der Waals surface area contributed by atoms with Crippen molar-refractivity contribution < 1.29 is 23.4 Å². The highest BCUT2D eigenvalue weighted by Crippen LogP contribution is 2.24. The summed E-state index contributed by atoms with van der Waals surface area (Å²) in [6.45, 7) is -1.62. The molecule has 0 saturated heterocycles. The van der Waals surface area contributed by atoms with E-state index in [2.05, 4.69) is 4.74 Å². The van der Waals surface area contributed by atoms with Crippen molar-refractivity contribution in [2.75, 3.05) is 0 Å². The monoisotopic (exact) mass is 227 g/mol. The van der Waals surface area contributed by atoms with Crippen molar-refractivity contribution in [1.29, 1.82) is 5.26 Å². The van der Waals surface area contributed by atoms with E-state index in [1.165, 1.54) is 6.92 Å². The van der Waals surface area contributed by atoms with E-state index >= 15 is 0 Å². The molecule has 0 fully saturated rings. The third-order valence-corrected chi connectivity index (χ3v) is 1.89. The van der Waals surface area contributed by atoms with Gasteiger partial charge in [-0.1, -0.05) is 0 Å². The molecular weight excluding hydrogens is 220 g/mol. The number of aromatic carboxylic acids is 1. The zero-order valence-electron chi connectivity index (χ0n) is 8.20. The number of benzene rings is 1. The highest BCUT2D eigenvalue weighted by atomic mass is 19.3. The van der Waals surface area contributed by atoms with Crippen molar-refractivity contribution in [3.8, 4) is 11.8 Å². The molecule has 4 nitrogen and oxygen atoms in total. The molecule has 84 valence electrons. The first kappa shape index (κ1) is 11.9. The number of carboxylic acid groups (broad SMARTS) is 1. The summed E-state index contributed by atoms with van der Waals surface area (Å²) in [5.41, 5.74) is 0.0963. The number of aryl methyl sites for hydroxylation is 1. The highest BCUT2D eigenvalue weighted by Gasteiger charge is 2.17. The first-order valence-corrected chi connectivity index (χ1v) is 4.18. The molecule has 1 rings (SSSR count). The fourth-order valence-corrected chi connectivity index (χ4v) is 1.17. The Morgan fingerprint density at radius 2 is 2.19 bits per heavy atom. The van der Waals surface area contributed by atoms with Gasteiger partial charge in [-0.05, 0) is 24.6 Å². The van der Waals surface area contributed by atoms with E-state index in [1.807, 2.05) is 0 Å². The Bertz CT molecular complexity index is 466. The van der Waals surface area contributed by atoms with Gasteiger partial charge in [-0.2, -0.15) is 14.0 Å². The molecule has 1 N–H and O–H groups in total. The predicted octanol–water partition coefficient (Wildman–Crippen LogP) is 2.17. The van der Waals surface area contributed by atoms with Crippen molar-refractivity contribution in [2.24, 2.45) is 0 Å². The first-order chi connectivity index (χ1) is 7.45. The molecule has 0 radical (unpaired) electrons. The zero-order chi connectivity index (χ0) is 12.3. The quantitative estimate of drug-likeness (QED) is 0.858. The van der Waals surface area contributed by atoms with E-state index in [0.717, 1.165) is 12.1 Å². The first-order valence-electron chi connectivity index (χ1n) is 4.18. The lowest BCUT2D eigenvalue weighted by atomic mass is 10.0. The molecular formula is C10H7F2NO3. The Morgan fingerprint density at radius 1 is 1.56 bits per heavy atom. The zero-order valence-corrected chi connectivity index (χ0v) is 8.20. The largest absolute Gasteiger partial charge is 0.478 e. The molecule has 0 saturated carbocycles. The van der Waals surface area contributed by atoms with E-state index < -0.39 is 23.9 Å². The van der Waals surface area contributed by atoms with E-state index in [0.29, 0.717) is 5.56 Å². The maximum Gasteiger partial charge on any atom is 0.387 e. The molecule has 1 aromatic carbocycles. The smallest absolute Gasteiger partial charge is 0.387 e. The van der Waals surface area contributed by atoms with Crippen LogP contribution in [-0.2, 0) is 0 Å². The number of carbonyl (C=O) groups is 1. The van der Waals surface area contributed by atoms with Crippen molar-refractivity contribution in [3.63, 3.8) is 0 Å². The fourth-order valence-electron chi connectivity index (χ4n) is 1.17. The summed E-state index contributed by atoms with van der Waals surface area (Å²) < 4.78 is 28.0. The van der Waals surface area contributed by atoms with E-state index in [-0.39, 0.29) is 5.56 Å². The summed E-state index contributed by atoms with van der Waals surface area (Å²) >= 11 is 0. The SMILES string of the molecule is Cc1cc(C(=O)O)c(OC(F)F)cc1C#N. The highest BCUT2D eigenvalue weighted by molar-refractivity contribution is 5.91. The maximum atomic E-state index is 12.0. The summed E-state index contributed by atoms with van der Waals surface area (Å²) in [4.78, 5) is 10.7. The van der Waals surface area contributed by atoms with Gasteiger partial charge in [0.15, 0.2) is 0 Å². The Morgan fingerprint density at radius 3 is 2.62 bits per heavy atom. The third-order valence-electron chi connectivity index (χ3n) is 1.89. The molecule has 0 bridgehead atoms. The van der Waals surface area contributed by atoms with Gasteiger partial charge in [-0.15, -0.1) is 0 Å². The number of carboxylic acids is 1. The summed E-state index contributed by atoms with van der Waals surface area (Å²) in [5.74, 6) is -1.90. The second-order valence-corrected chi connectivity index (χ2v) is 2.96. The summed E-state index contributed by atoms with van der Waals surface area (Å²) in [7, 11) is 0. The molecule has 1 aromatic rings. The van der Waals surface area contributed by atoms with Gasteiger partial charge >= 0.3 is 12.6 Å². The summed E-state index contributed by atoms with van der Waals surface area (Å²) in [6.07, 6.45) is 0. The van der Waals surface area contributed by atoms with E-state index in [4.69, 9.17) is 10.4 Å². The van der Waals surface area contributed by atoms with Crippen LogP contribution in [-0.4, -0.2) is 17.7 Å². The molecule has 0 aliphatic rings.